The van der Waals surface area contributed by atoms with E-state index in [2.05, 4.69) is 5.32 Å². The molecule has 2 aromatic carbocycles. The number of alkyl carbamates (subject to hydrolysis) is 1. The molecule has 2 N–H and O–H groups in total. The number of carbonyl (C=O) groups is 2. The van der Waals surface area contributed by atoms with E-state index in [1.165, 1.54) is 0 Å². The lowest BCUT2D eigenvalue weighted by Crippen LogP contribution is -2.31. The number of hydrogen-bond acceptors (Lipinski definition) is 4. The first kappa shape index (κ1) is 17.5. The van der Waals surface area contributed by atoms with Crippen LogP contribution in [-0.4, -0.2) is 17.2 Å². The maximum atomic E-state index is 12.2. The number of para-hydroxylation sites is 1. The number of nitrogens with one attached hydrogen (secondary N) is 1. The average molecular weight is 353 g/mol. The fourth-order valence-electron chi connectivity index (χ4n) is 2.93. The number of furan rings is 1. The summed E-state index contributed by atoms with van der Waals surface area (Å²) in [4.78, 5) is 23.5. The second kappa shape index (κ2) is 7.74. The minimum Gasteiger partial charge on any atom is -0.481 e. The molecule has 134 valence electrons. The summed E-state index contributed by atoms with van der Waals surface area (Å²) in [7, 11) is 0. The van der Waals surface area contributed by atoms with E-state index in [0.717, 1.165) is 10.9 Å². The number of ether oxygens (including phenoxy) is 1. The lowest BCUT2D eigenvalue weighted by Gasteiger charge is -2.17. The molecule has 0 radical (unpaired) electrons. The number of aliphatic carboxylic acids is 1. The van der Waals surface area contributed by atoms with Crippen molar-refractivity contribution in [2.45, 2.75) is 26.0 Å². The van der Waals surface area contributed by atoms with Crippen LogP contribution in [0.3, 0.4) is 0 Å². The minimum absolute atomic E-state index is 0.109. The Bertz CT molecular complexity index is 916. The zero-order valence-corrected chi connectivity index (χ0v) is 14.3. The van der Waals surface area contributed by atoms with Crippen LogP contribution in [0.1, 0.15) is 29.3 Å². The molecule has 1 atom stereocenters. The number of aryl methyl sites for hydroxylation is 1. The van der Waals surface area contributed by atoms with Crippen molar-refractivity contribution in [1.29, 1.82) is 0 Å². The van der Waals surface area contributed by atoms with E-state index in [-0.39, 0.29) is 13.0 Å². The summed E-state index contributed by atoms with van der Waals surface area (Å²) in [5.74, 6) is -0.455. The number of rotatable bonds is 6. The summed E-state index contributed by atoms with van der Waals surface area (Å²) in [6.45, 7) is 1.86. The molecule has 0 saturated carbocycles. The van der Waals surface area contributed by atoms with Crippen LogP contribution in [-0.2, 0) is 16.1 Å². The molecule has 26 heavy (non-hydrogen) atoms. The SMILES string of the molecule is Cc1oc2ccccc2c1[C@@H](CC(=O)O)NC(=O)OCc1ccccc1. The molecule has 0 bridgehead atoms. The summed E-state index contributed by atoms with van der Waals surface area (Å²) in [6.07, 6.45) is -0.949. The first-order chi connectivity index (χ1) is 12.5. The molecule has 1 aromatic heterocycles. The summed E-state index contributed by atoms with van der Waals surface area (Å²) in [6, 6.07) is 15.8. The summed E-state index contributed by atoms with van der Waals surface area (Å²) in [5, 5.41) is 12.7. The largest absolute Gasteiger partial charge is 0.481 e. The van der Waals surface area contributed by atoms with Crippen LogP contribution >= 0.6 is 0 Å². The van der Waals surface area contributed by atoms with Gasteiger partial charge in [-0.2, -0.15) is 0 Å². The van der Waals surface area contributed by atoms with Crippen molar-refractivity contribution >= 4 is 23.0 Å². The molecule has 1 heterocycles. The van der Waals surface area contributed by atoms with Crippen LogP contribution in [0, 0.1) is 6.92 Å². The maximum absolute atomic E-state index is 12.2. The minimum atomic E-state index is -1.02. The second-order valence-corrected chi connectivity index (χ2v) is 5.92. The van der Waals surface area contributed by atoms with Gasteiger partial charge in [-0.25, -0.2) is 4.79 Å². The van der Waals surface area contributed by atoms with Crippen LogP contribution < -0.4 is 5.32 Å². The predicted molar refractivity (Wildman–Crippen MR) is 95.7 cm³/mol. The van der Waals surface area contributed by atoms with Crippen LogP contribution in [0.5, 0.6) is 0 Å². The van der Waals surface area contributed by atoms with Crippen molar-refractivity contribution in [1.82, 2.24) is 5.32 Å². The molecular formula is C20H19NO5. The first-order valence-corrected chi connectivity index (χ1v) is 8.21. The Kier molecular flexibility index (Phi) is 5.22. The highest BCUT2D eigenvalue weighted by atomic mass is 16.5. The Balaban J connectivity index is 1.78. The molecule has 0 fully saturated rings. The van der Waals surface area contributed by atoms with E-state index in [0.29, 0.717) is 16.9 Å². The van der Waals surface area contributed by atoms with Gasteiger partial charge in [0.2, 0.25) is 0 Å². The molecule has 0 unspecified atom stereocenters. The van der Waals surface area contributed by atoms with Crippen molar-refractivity contribution in [3.8, 4) is 0 Å². The molecule has 6 heteroatoms. The zero-order chi connectivity index (χ0) is 18.5. The van der Waals surface area contributed by atoms with Crippen molar-refractivity contribution in [3.63, 3.8) is 0 Å². The number of benzene rings is 2. The highest BCUT2D eigenvalue weighted by molar-refractivity contribution is 5.84. The average Bonchev–Trinajstić information content (AvgIpc) is 2.95. The van der Waals surface area contributed by atoms with E-state index >= 15 is 0 Å². The third-order valence-electron chi connectivity index (χ3n) is 4.05. The lowest BCUT2D eigenvalue weighted by atomic mass is 10.0. The first-order valence-electron chi connectivity index (χ1n) is 8.21. The fourth-order valence-corrected chi connectivity index (χ4v) is 2.93. The summed E-state index contributed by atoms with van der Waals surface area (Å²) >= 11 is 0. The van der Waals surface area contributed by atoms with Crippen molar-refractivity contribution in [2.75, 3.05) is 0 Å². The Labute approximate surface area is 150 Å². The smallest absolute Gasteiger partial charge is 0.407 e. The number of amides is 1. The van der Waals surface area contributed by atoms with Crippen LogP contribution in [0.2, 0.25) is 0 Å². The maximum Gasteiger partial charge on any atom is 0.407 e. The molecule has 0 aliphatic carbocycles. The number of carbonyl (C=O) groups excluding carboxylic acids is 1. The van der Waals surface area contributed by atoms with E-state index in [9.17, 15) is 14.7 Å². The molecular weight excluding hydrogens is 334 g/mol. The number of carboxylic acids is 1. The Hall–Kier alpha value is -3.28. The van der Waals surface area contributed by atoms with Gasteiger partial charge in [-0.1, -0.05) is 48.5 Å². The van der Waals surface area contributed by atoms with Crippen LogP contribution in [0.4, 0.5) is 4.79 Å². The molecule has 0 aliphatic heterocycles. The number of fused-ring (bicyclic) bond motifs is 1. The fraction of sp³-hybridized carbons (Fsp3) is 0.200. The van der Waals surface area contributed by atoms with Gasteiger partial charge in [-0.3, -0.25) is 4.79 Å². The summed E-state index contributed by atoms with van der Waals surface area (Å²) < 4.78 is 10.9. The van der Waals surface area contributed by atoms with Crippen molar-refractivity contribution in [3.05, 3.63) is 71.5 Å². The molecule has 0 spiro atoms. The Morgan fingerprint density at radius 1 is 1.12 bits per heavy atom. The molecule has 1 amide bonds. The number of hydrogen-bond donors (Lipinski definition) is 2. The second-order valence-electron chi connectivity index (χ2n) is 5.92. The van der Waals surface area contributed by atoms with Crippen LogP contribution in [0.25, 0.3) is 11.0 Å². The molecule has 0 aliphatic rings. The van der Waals surface area contributed by atoms with E-state index < -0.39 is 18.1 Å². The van der Waals surface area contributed by atoms with Crippen LogP contribution in [0.15, 0.2) is 59.0 Å². The van der Waals surface area contributed by atoms with Gasteiger partial charge in [-0.05, 0) is 18.6 Å². The standard InChI is InChI=1S/C20H19NO5/c1-13-19(15-9-5-6-10-17(15)26-13)16(11-18(22)23)21-20(24)25-12-14-7-3-2-4-8-14/h2-10,16H,11-12H2,1H3,(H,21,24)(H,22,23)/t16-/m1/s1. The Morgan fingerprint density at radius 2 is 1.81 bits per heavy atom. The lowest BCUT2D eigenvalue weighted by molar-refractivity contribution is -0.137. The quantitative estimate of drug-likeness (QED) is 0.694. The molecule has 3 rings (SSSR count). The highest BCUT2D eigenvalue weighted by Crippen LogP contribution is 2.32. The highest BCUT2D eigenvalue weighted by Gasteiger charge is 2.25. The third kappa shape index (κ3) is 4.03. The monoisotopic (exact) mass is 353 g/mol. The molecule has 0 saturated heterocycles. The van der Waals surface area contributed by atoms with Gasteiger partial charge in [0.1, 0.15) is 18.0 Å². The van der Waals surface area contributed by atoms with Gasteiger partial charge in [0.05, 0.1) is 12.5 Å². The summed E-state index contributed by atoms with van der Waals surface area (Å²) in [5.41, 5.74) is 2.15. The van der Waals surface area contributed by atoms with E-state index in [4.69, 9.17) is 9.15 Å². The number of carboxylic acid groups (broad SMARTS) is 1. The van der Waals surface area contributed by atoms with Crippen molar-refractivity contribution in [2.24, 2.45) is 0 Å². The molecule has 6 nitrogen and oxygen atoms in total. The Morgan fingerprint density at radius 3 is 2.54 bits per heavy atom. The van der Waals surface area contributed by atoms with Gasteiger partial charge in [0.15, 0.2) is 0 Å². The van der Waals surface area contributed by atoms with Gasteiger partial charge in [0.25, 0.3) is 0 Å². The van der Waals surface area contributed by atoms with E-state index in [1.54, 1.807) is 13.0 Å². The predicted octanol–water partition coefficient (Wildman–Crippen LogP) is 4.18. The molecule has 3 aromatic rings. The van der Waals surface area contributed by atoms with Crippen molar-refractivity contribution < 1.29 is 23.8 Å². The van der Waals surface area contributed by atoms with Gasteiger partial charge in [0, 0.05) is 10.9 Å². The van der Waals surface area contributed by atoms with Gasteiger partial charge >= 0.3 is 12.1 Å². The topological polar surface area (TPSA) is 88.8 Å². The third-order valence-corrected chi connectivity index (χ3v) is 4.05. The normalized spacial score (nSPS) is 11.9. The van der Waals surface area contributed by atoms with Gasteiger partial charge in [-0.15, -0.1) is 0 Å². The van der Waals surface area contributed by atoms with E-state index in [1.807, 2.05) is 48.5 Å². The van der Waals surface area contributed by atoms with Gasteiger partial charge < -0.3 is 19.6 Å². The zero-order valence-electron chi connectivity index (χ0n) is 14.3.